The molecule has 0 radical (unpaired) electrons. The van der Waals surface area contributed by atoms with Gasteiger partial charge in [0.25, 0.3) is 0 Å². The lowest BCUT2D eigenvalue weighted by Crippen LogP contribution is -2.31. The second-order valence-corrected chi connectivity index (χ2v) is 7.09. The maximum absolute atomic E-state index is 10.8. The second kappa shape index (κ2) is 7.20. The molecule has 1 rings (SSSR count). The fourth-order valence-electron chi connectivity index (χ4n) is 1.80. The molecule has 0 aliphatic carbocycles. The molecule has 0 saturated carbocycles. The van der Waals surface area contributed by atoms with Crippen LogP contribution in [0.5, 0.6) is 0 Å². The summed E-state index contributed by atoms with van der Waals surface area (Å²) >= 11 is 5.32. The lowest BCUT2D eigenvalue weighted by atomic mass is 9.98. The second-order valence-electron chi connectivity index (χ2n) is 4.87. The predicted molar refractivity (Wildman–Crippen MR) is 83.6 cm³/mol. The number of carbonyl (C=O) groups is 1. The monoisotopic (exact) mass is 345 g/mol. The minimum atomic E-state index is -0.720. The Morgan fingerprint density at radius 3 is 2.74 bits per heavy atom. The third-order valence-corrected chi connectivity index (χ3v) is 4.19. The molecule has 0 aliphatic rings. The molecule has 2 N–H and O–H groups in total. The predicted octanol–water partition coefficient (Wildman–Crippen LogP) is 4.37. The largest absolute Gasteiger partial charge is 0.444 e. The minimum absolute atomic E-state index is 0.539. The van der Waals surface area contributed by atoms with Gasteiger partial charge in [-0.2, -0.15) is 0 Å². The Labute approximate surface area is 127 Å². The van der Waals surface area contributed by atoms with Gasteiger partial charge in [0, 0.05) is 9.37 Å². The van der Waals surface area contributed by atoms with Crippen molar-refractivity contribution in [3.8, 4) is 0 Å². The van der Waals surface area contributed by atoms with Crippen molar-refractivity contribution in [1.29, 1.82) is 0 Å². The molecule has 0 bridgehead atoms. The van der Waals surface area contributed by atoms with Gasteiger partial charge in [0.15, 0.2) is 0 Å². The van der Waals surface area contributed by atoms with E-state index in [2.05, 4.69) is 35.0 Å². The molecule has 19 heavy (non-hydrogen) atoms. The molecular formula is C14H20BrNO2S. The number of thioether (sulfide) groups is 1. The average molecular weight is 346 g/mol. The molecule has 5 heteroatoms. The molecule has 0 unspecified atom stereocenters. The molecule has 1 aromatic carbocycles. The molecule has 0 aliphatic heterocycles. The first-order chi connectivity index (χ1) is 8.84. The summed E-state index contributed by atoms with van der Waals surface area (Å²) in [5.41, 5.74) is 5.80. The van der Waals surface area contributed by atoms with E-state index in [1.807, 2.05) is 31.7 Å². The van der Waals surface area contributed by atoms with Gasteiger partial charge in [-0.15, -0.1) is 11.8 Å². The number of hydrogen-bond donors (Lipinski definition) is 1. The van der Waals surface area contributed by atoms with E-state index in [0.29, 0.717) is 0 Å². The summed E-state index contributed by atoms with van der Waals surface area (Å²) in [4.78, 5) is 12.1. The summed E-state index contributed by atoms with van der Waals surface area (Å²) in [6.07, 6.45) is 0.869. The number of ether oxygens (including phenoxy) is 1. The quantitative estimate of drug-likeness (QED) is 0.779. The molecular weight excluding hydrogens is 326 g/mol. The van der Waals surface area contributed by atoms with E-state index < -0.39 is 11.7 Å². The molecule has 1 aromatic rings. The van der Waals surface area contributed by atoms with Crippen molar-refractivity contribution >= 4 is 33.8 Å². The Morgan fingerprint density at radius 2 is 2.16 bits per heavy atom. The fourth-order valence-corrected chi connectivity index (χ4v) is 3.03. The van der Waals surface area contributed by atoms with E-state index in [1.165, 1.54) is 10.5 Å². The van der Waals surface area contributed by atoms with Crippen LogP contribution in [-0.2, 0) is 11.2 Å². The number of aryl methyl sites for hydroxylation is 1. The molecule has 106 valence electrons. The summed E-state index contributed by atoms with van der Waals surface area (Å²) in [5.74, 6) is 1.04. The molecule has 0 fully saturated rings. The van der Waals surface area contributed by atoms with Crippen LogP contribution in [0, 0.1) is 0 Å². The highest BCUT2D eigenvalue weighted by atomic mass is 79.9. The first-order valence-electron chi connectivity index (χ1n) is 6.24. The van der Waals surface area contributed by atoms with Crippen LogP contribution in [0.25, 0.3) is 0 Å². The Hall–Kier alpha value is -0.680. The van der Waals surface area contributed by atoms with Gasteiger partial charge >= 0.3 is 6.09 Å². The van der Waals surface area contributed by atoms with E-state index in [0.717, 1.165) is 23.1 Å². The minimum Gasteiger partial charge on any atom is -0.444 e. The van der Waals surface area contributed by atoms with Crippen LogP contribution in [-0.4, -0.2) is 17.4 Å². The van der Waals surface area contributed by atoms with Crippen LogP contribution < -0.4 is 5.73 Å². The van der Waals surface area contributed by atoms with Crippen LogP contribution in [0.3, 0.4) is 0 Å². The molecule has 0 aromatic heterocycles. The van der Waals surface area contributed by atoms with E-state index in [4.69, 9.17) is 10.5 Å². The zero-order chi connectivity index (χ0) is 14.5. The van der Waals surface area contributed by atoms with E-state index in [1.54, 1.807) is 0 Å². The van der Waals surface area contributed by atoms with Crippen molar-refractivity contribution in [2.24, 2.45) is 5.73 Å². The van der Waals surface area contributed by atoms with Gasteiger partial charge in [-0.25, -0.2) is 4.79 Å². The van der Waals surface area contributed by atoms with E-state index in [9.17, 15) is 4.79 Å². The molecule has 3 nitrogen and oxygen atoms in total. The van der Waals surface area contributed by atoms with Crippen LogP contribution in [0.4, 0.5) is 4.79 Å². The average Bonchev–Trinajstić information content (AvgIpc) is 2.28. The van der Waals surface area contributed by atoms with Crippen LogP contribution in [0.1, 0.15) is 32.8 Å². The lowest BCUT2D eigenvalue weighted by molar-refractivity contribution is 0.0393. The lowest BCUT2D eigenvalue weighted by Gasteiger charge is -2.24. The van der Waals surface area contributed by atoms with Gasteiger partial charge in [-0.05, 0) is 56.2 Å². The Balaban J connectivity index is 2.75. The zero-order valence-corrected chi connectivity index (χ0v) is 13.9. The Kier molecular flexibility index (Phi) is 6.20. The normalized spacial score (nSPS) is 11.4. The molecule has 0 saturated heterocycles. The number of hydrogen-bond acceptors (Lipinski definition) is 3. The van der Waals surface area contributed by atoms with Crippen molar-refractivity contribution in [3.05, 3.63) is 28.2 Å². The van der Waals surface area contributed by atoms with Gasteiger partial charge in [0.2, 0.25) is 0 Å². The molecule has 1 amide bonds. The SMILES string of the molecule is CCSc1ccc(Br)cc1CCC(C)(C)OC(N)=O. The Morgan fingerprint density at radius 1 is 1.47 bits per heavy atom. The van der Waals surface area contributed by atoms with Crippen molar-refractivity contribution in [2.45, 2.75) is 44.1 Å². The number of nitrogens with two attached hydrogens (primary N) is 1. The number of carbonyl (C=O) groups excluding carboxylic acids is 1. The highest BCUT2D eigenvalue weighted by molar-refractivity contribution is 9.10. The maximum atomic E-state index is 10.8. The van der Waals surface area contributed by atoms with Gasteiger partial charge in [-0.1, -0.05) is 22.9 Å². The Bertz CT molecular complexity index is 449. The molecule has 0 spiro atoms. The van der Waals surface area contributed by atoms with Crippen LogP contribution in [0.15, 0.2) is 27.6 Å². The number of rotatable bonds is 6. The summed E-state index contributed by atoms with van der Waals surface area (Å²) in [5, 5.41) is 0. The number of amides is 1. The summed E-state index contributed by atoms with van der Waals surface area (Å²) in [6.45, 7) is 5.89. The van der Waals surface area contributed by atoms with Crippen LogP contribution >= 0.6 is 27.7 Å². The molecule has 0 heterocycles. The van der Waals surface area contributed by atoms with Crippen molar-refractivity contribution in [2.75, 3.05) is 5.75 Å². The molecule has 0 atom stereocenters. The topological polar surface area (TPSA) is 52.3 Å². The van der Waals surface area contributed by atoms with Crippen LogP contribution in [0.2, 0.25) is 0 Å². The summed E-state index contributed by atoms with van der Waals surface area (Å²) < 4.78 is 6.18. The van der Waals surface area contributed by atoms with E-state index in [-0.39, 0.29) is 0 Å². The summed E-state index contributed by atoms with van der Waals surface area (Å²) in [7, 11) is 0. The van der Waals surface area contributed by atoms with E-state index >= 15 is 0 Å². The third kappa shape index (κ3) is 5.87. The first kappa shape index (κ1) is 16.4. The van der Waals surface area contributed by atoms with Crippen molar-refractivity contribution in [3.63, 3.8) is 0 Å². The zero-order valence-electron chi connectivity index (χ0n) is 11.5. The third-order valence-electron chi connectivity index (χ3n) is 2.70. The smallest absolute Gasteiger partial charge is 0.405 e. The van der Waals surface area contributed by atoms with Crippen molar-refractivity contribution < 1.29 is 9.53 Å². The number of benzene rings is 1. The maximum Gasteiger partial charge on any atom is 0.405 e. The van der Waals surface area contributed by atoms with Gasteiger partial charge in [-0.3, -0.25) is 0 Å². The standard InChI is InChI=1S/C14H20BrNO2S/c1-4-19-12-6-5-11(15)9-10(12)7-8-14(2,3)18-13(16)17/h5-6,9H,4,7-8H2,1-3H3,(H2,16,17). The first-order valence-corrected chi connectivity index (χ1v) is 8.01. The van der Waals surface area contributed by atoms with Gasteiger partial charge < -0.3 is 10.5 Å². The fraction of sp³-hybridized carbons (Fsp3) is 0.500. The number of halogens is 1. The summed E-state index contributed by atoms with van der Waals surface area (Å²) in [6, 6.07) is 6.29. The van der Waals surface area contributed by atoms with Gasteiger partial charge in [0.05, 0.1) is 0 Å². The van der Waals surface area contributed by atoms with Gasteiger partial charge in [0.1, 0.15) is 5.60 Å². The highest BCUT2D eigenvalue weighted by Gasteiger charge is 2.22. The van der Waals surface area contributed by atoms with Crippen molar-refractivity contribution in [1.82, 2.24) is 0 Å². The highest BCUT2D eigenvalue weighted by Crippen LogP contribution is 2.28. The number of primary amides is 1.